The van der Waals surface area contributed by atoms with Gasteiger partial charge in [-0.2, -0.15) is 0 Å². The summed E-state index contributed by atoms with van der Waals surface area (Å²) in [5, 5.41) is 9.33. The Morgan fingerprint density at radius 1 is 1.57 bits per heavy atom. The van der Waals surface area contributed by atoms with Crippen LogP contribution in [0.25, 0.3) is 0 Å². The van der Waals surface area contributed by atoms with Crippen molar-refractivity contribution in [1.29, 1.82) is 0 Å². The largest absolute Gasteiger partial charge is 0.494 e. The molecule has 0 heterocycles. The Hall–Kier alpha value is -1.13. The smallest absolute Gasteiger partial charge is 0.132 e. The Labute approximate surface area is 82.3 Å². The van der Waals surface area contributed by atoms with E-state index in [2.05, 4.69) is 0 Å². The van der Waals surface area contributed by atoms with Crippen LogP contribution >= 0.6 is 0 Å². The minimum Gasteiger partial charge on any atom is -0.494 e. The van der Waals surface area contributed by atoms with E-state index in [0.717, 1.165) is 0 Å². The number of hydrogen-bond donors (Lipinski definition) is 2. The van der Waals surface area contributed by atoms with Gasteiger partial charge in [0, 0.05) is 18.2 Å². The first-order chi connectivity index (χ1) is 6.69. The summed E-state index contributed by atoms with van der Waals surface area (Å²) >= 11 is 0. The van der Waals surface area contributed by atoms with Crippen LogP contribution in [0.5, 0.6) is 5.75 Å². The Balaban J connectivity index is 2.89. The molecule has 0 fully saturated rings. The van der Waals surface area contributed by atoms with Crippen LogP contribution in [0.1, 0.15) is 18.6 Å². The fourth-order valence-corrected chi connectivity index (χ4v) is 1.16. The number of ether oxygens (including phenoxy) is 1. The van der Waals surface area contributed by atoms with Crippen molar-refractivity contribution in [3.63, 3.8) is 0 Å². The van der Waals surface area contributed by atoms with Gasteiger partial charge in [-0.3, -0.25) is 0 Å². The van der Waals surface area contributed by atoms with E-state index < -0.39 is 11.9 Å². The summed E-state index contributed by atoms with van der Waals surface area (Å²) in [6, 6.07) is 4.34. The summed E-state index contributed by atoms with van der Waals surface area (Å²) in [5.74, 6) is -0.0353. The summed E-state index contributed by atoms with van der Waals surface area (Å²) in [7, 11) is 0. The molecule has 0 aromatic heterocycles. The molecule has 1 aromatic rings. The molecule has 1 atom stereocenters. The molecule has 1 aromatic carbocycles. The average molecular weight is 199 g/mol. The predicted octanol–water partition coefficient (Wildman–Crippen LogP) is 1.22. The van der Waals surface area contributed by atoms with Crippen molar-refractivity contribution in [2.24, 2.45) is 5.73 Å². The number of nitrogens with two attached hydrogens (primary N) is 1. The van der Waals surface area contributed by atoms with Crippen LogP contribution in [0.3, 0.4) is 0 Å². The zero-order chi connectivity index (χ0) is 10.6. The standard InChI is InChI=1S/C10H14FNO2/c1-2-14-7-3-4-8(9(11)5-7)10(13)6-12/h3-5,10,13H,2,6,12H2,1H3. The number of rotatable bonds is 4. The van der Waals surface area contributed by atoms with E-state index in [1.54, 1.807) is 6.07 Å². The van der Waals surface area contributed by atoms with Crippen LogP contribution in [0.2, 0.25) is 0 Å². The maximum atomic E-state index is 13.3. The number of halogens is 1. The first kappa shape index (κ1) is 10.9. The van der Waals surface area contributed by atoms with Gasteiger partial charge in [-0.25, -0.2) is 4.39 Å². The minimum atomic E-state index is -0.953. The monoisotopic (exact) mass is 199 g/mol. The molecule has 0 saturated heterocycles. The maximum absolute atomic E-state index is 13.3. The lowest BCUT2D eigenvalue weighted by Gasteiger charge is -2.10. The third-order valence-corrected chi connectivity index (χ3v) is 1.87. The van der Waals surface area contributed by atoms with Gasteiger partial charge >= 0.3 is 0 Å². The summed E-state index contributed by atoms with van der Waals surface area (Å²) in [6.07, 6.45) is -0.953. The predicted molar refractivity (Wildman–Crippen MR) is 51.6 cm³/mol. The summed E-state index contributed by atoms with van der Waals surface area (Å²) in [6.45, 7) is 2.31. The van der Waals surface area contributed by atoms with Gasteiger partial charge in [0.05, 0.1) is 12.7 Å². The molecule has 1 unspecified atom stereocenters. The third-order valence-electron chi connectivity index (χ3n) is 1.87. The molecule has 78 valence electrons. The topological polar surface area (TPSA) is 55.5 Å². The average Bonchev–Trinajstić information content (AvgIpc) is 2.17. The van der Waals surface area contributed by atoms with E-state index >= 15 is 0 Å². The Bertz CT molecular complexity index is 304. The highest BCUT2D eigenvalue weighted by molar-refractivity contribution is 5.30. The number of aliphatic hydroxyl groups excluding tert-OH is 1. The lowest BCUT2D eigenvalue weighted by molar-refractivity contribution is 0.181. The van der Waals surface area contributed by atoms with Crippen molar-refractivity contribution >= 4 is 0 Å². The van der Waals surface area contributed by atoms with Gasteiger partial charge < -0.3 is 15.6 Å². The van der Waals surface area contributed by atoms with Gasteiger partial charge in [-0.05, 0) is 19.1 Å². The van der Waals surface area contributed by atoms with E-state index in [1.165, 1.54) is 12.1 Å². The highest BCUT2D eigenvalue weighted by Gasteiger charge is 2.11. The van der Waals surface area contributed by atoms with E-state index in [1.807, 2.05) is 6.92 Å². The Kier molecular flexibility index (Phi) is 3.85. The summed E-state index contributed by atoms with van der Waals surface area (Å²) in [4.78, 5) is 0. The summed E-state index contributed by atoms with van der Waals surface area (Å²) in [5.41, 5.74) is 5.43. The zero-order valence-corrected chi connectivity index (χ0v) is 8.03. The van der Waals surface area contributed by atoms with E-state index in [4.69, 9.17) is 10.5 Å². The van der Waals surface area contributed by atoms with Crippen molar-refractivity contribution in [2.45, 2.75) is 13.0 Å². The van der Waals surface area contributed by atoms with E-state index in [-0.39, 0.29) is 12.1 Å². The summed E-state index contributed by atoms with van der Waals surface area (Å²) < 4.78 is 18.4. The van der Waals surface area contributed by atoms with Gasteiger partial charge in [-0.1, -0.05) is 0 Å². The normalized spacial score (nSPS) is 12.6. The van der Waals surface area contributed by atoms with Crippen molar-refractivity contribution in [3.05, 3.63) is 29.6 Å². The van der Waals surface area contributed by atoms with E-state index in [0.29, 0.717) is 12.4 Å². The molecule has 3 N–H and O–H groups in total. The molecule has 14 heavy (non-hydrogen) atoms. The van der Waals surface area contributed by atoms with Gasteiger partial charge in [0.25, 0.3) is 0 Å². The first-order valence-corrected chi connectivity index (χ1v) is 4.49. The van der Waals surface area contributed by atoms with Crippen LogP contribution < -0.4 is 10.5 Å². The maximum Gasteiger partial charge on any atom is 0.132 e. The van der Waals surface area contributed by atoms with Gasteiger partial charge in [0.2, 0.25) is 0 Å². The van der Waals surface area contributed by atoms with Crippen molar-refractivity contribution in [1.82, 2.24) is 0 Å². The second kappa shape index (κ2) is 4.93. The molecule has 0 radical (unpaired) electrons. The van der Waals surface area contributed by atoms with E-state index in [9.17, 15) is 9.50 Å². The van der Waals surface area contributed by atoms with Gasteiger partial charge in [0.15, 0.2) is 0 Å². The van der Waals surface area contributed by atoms with Crippen molar-refractivity contribution < 1.29 is 14.2 Å². The molecule has 0 saturated carbocycles. The van der Waals surface area contributed by atoms with Crippen LogP contribution in [-0.4, -0.2) is 18.3 Å². The fourth-order valence-electron chi connectivity index (χ4n) is 1.16. The number of aliphatic hydroxyl groups is 1. The molecule has 4 heteroatoms. The molecular formula is C10H14FNO2. The molecular weight excluding hydrogens is 185 g/mol. The second-order valence-electron chi connectivity index (χ2n) is 2.87. The first-order valence-electron chi connectivity index (χ1n) is 4.49. The van der Waals surface area contributed by atoms with Crippen LogP contribution in [0.15, 0.2) is 18.2 Å². The number of benzene rings is 1. The zero-order valence-electron chi connectivity index (χ0n) is 8.03. The van der Waals surface area contributed by atoms with Crippen LogP contribution in [0, 0.1) is 5.82 Å². The Morgan fingerprint density at radius 3 is 2.79 bits per heavy atom. The Morgan fingerprint density at radius 2 is 2.29 bits per heavy atom. The molecule has 0 aliphatic carbocycles. The highest BCUT2D eigenvalue weighted by Crippen LogP contribution is 2.21. The lowest BCUT2D eigenvalue weighted by atomic mass is 10.1. The minimum absolute atomic E-state index is 0.00486. The molecule has 0 spiro atoms. The lowest BCUT2D eigenvalue weighted by Crippen LogP contribution is -2.13. The van der Waals surface area contributed by atoms with Gasteiger partial charge in [-0.15, -0.1) is 0 Å². The molecule has 1 rings (SSSR count). The second-order valence-corrected chi connectivity index (χ2v) is 2.87. The van der Waals surface area contributed by atoms with Crippen LogP contribution in [0.4, 0.5) is 4.39 Å². The quantitative estimate of drug-likeness (QED) is 0.766. The number of hydrogen-bond acceptors (Lipinski definition) is 3. The highest BCUT2D eigenvalue weighted by atomic mass is 19.1. The van der Waals surface area contributed by atoms with Crippen molar-refractivity contribution in [3.8, 4) is 5.75 Å². The molecule has 0 aliphatic heterocycles. The molecule has 0 bridgehead atoms. The van der Waals surface area contributed by atoms with Crippen molar-refractivity contribution in [2.75, 3.05) is 13.2 Å². The van der Waals surface area contributed by atoms with Crippen LogP contribution in [-0.2, 0) is 0 Å². The fraction of sp³-hybridized carbons (Fsp3) is 0.400. The molecule has 3 nitrogen and oxygen atoms in total. The molecule has 0 amide bonds. The van der Waals surface area contributed by atoms with Gasteiger partial charge in [0.1, 0.15) is 11.6 Å². The third kappa shape index (κ3) is 2.43. The molecule has 0 aliphatic rings. The SMILES string of the molecule is CCOc1ccc(C(O)CN)c(F)c1.